The molecule has 1 aromatic carbocycles. The molecule has 24 heavy (non-hydrogen) atoms. The number of carbonyl (C=O) groups excluding carboxylic acids is 1. The van der Waals surface area contributed by atoms with E-state index in [9.17, 15) is 44.3 Å². The predicted octanol–water partition coefficient (Wildman–Crippen LogP) is 4.76. The SMILES string of the molecule is O=C(Cl)c1cc(OC(F)(F)F)c(OC(F)(F)F)cc1OC(F)(F)F. The van der Waals surface area contributed by atoms with Crippen molar-refractivity contribution < 1.29 is 58.5 Å². The highest BCUT2D eigenvalue weighted by Gasteiger charge is 2.39. The van der Waals surface area contributed by atoms with Crippen LogP contribution in [0.15, 0.2) is 12.1 Å². The maximum Gasteiger partial charge on any atom is 0.573 e. The Morgan fingerprint density at radius 2 is 1.04 bits per heavy atom. The van der Waals surface area contributed by atoms with Crippen LogP contribution in [0.4, 0.5) is 39.5 Å². The van der Waals surface area contributed by atoms with Crippen LogP contribution in [0.1, 0.15) is 10.4 Å². The minimum Gasteiger partial charge on any atom is -0.405 e. The van der Waals surface area contributed by atoms with Crippen molar-refractivity contribution in [3.63, 3.8) is 0 Å². The summed E-state index contributed by atoms with van der Waals surface area (Å²) in [7, 11) is 0. The van der Waals surface area contributed by atoms with Gasteiger partial charge in [0.2, 0.25) is 0 Å². The monoisotopic (exact) mass is 392 g/mol. The van der Waals surface area contributed by atoms with Gasteiger partial charge >= 0.3 is 19.1 Å². The Morgan fingerprint density at radius 3 is 1.38 bits per heavy atom. The third-order valence-electron chi connectivity index (χ3n) is 1.93. The molecule has 0 saturated carbocycles. The van der Waals surface area contributed by atoms with E-state index in [0.29, 0.717) is 0 Å². The van der Waals surface area contributed by atoms with Gasteiger partial charge < -0.3 is 14.2 Å². The zero-order chi connectivity index (χ0) is 18.9. The molecule has 4 nitrogen and oxygen atoms in total. The van der Waals surface area contributed by atoms with E-state index in [1.165, 1.54) is 0 Å². The fourth-order valence-corrected chi connectivity index (χ4v) is 1.46. The summed E-state index contributed by atoms with van der Waals surface area (Å²) in [6.45, 7) is 0. The molecule has 0 aliphatic carbocycles. The predicted molar refractivity (Wildman–Crippen MR) is 56.7 cm³/mol. The second-order valence-corrected chi connectivity index (χ2v) is 4.06. The van der Waals surface area contributed by atoms with Gasteiger partial charge in [-0.05, 0) is 11.6 Å². The number of hydrogen-bond donors (Lipinski definition) is 0. The molecule has 0 aromatic heterocycles. The molecule has 14 heteroatoms. The van der Waals surface area contributed by atoms with Gasteiger partial charge in [-0.1, -0.05) is 0 Å². The van der Waals surface area contributed by atoms with Crippen LogP contribution in [0, 0.1) is 0 Å². The molecule has 0 unspecified atom stereocenters. The number of halogens is 10. The molecule has 0 saturated heterocycles. The summed E-state index contributed by atoms with van der Waals surface area (Å²) in [4.78, 5) is 11.0. The summed E-state index contributed by atoms with van der Waals surface area (Å²) >= 11 is 4.88. The molecule has 0 radical (unpaired) electrons. The summed E-state index contributed by atoms with van der Waals surface area (Å²) in [5, 5.41) is -1.75. The van der Waals surface area contributed by atoms with Crippen molar-refractivity contribution in [1.82, 2.24) is 0 Å². The lowest BCUT2D eigenvalue weighted by Crippen LogP contribution is -2.23. The van der Waals surface area contributed by atoms with Crippen molar-refractivity contribution in [2.45, 2.75) is 19.1 Å². The Morgan fingerprint density at radius 1 is 0.708 bits per heavy atom. The molecule has 0 bridgehead atoms. The summed E-state index contributed by atoms with van der Waals surface area (Å²) in [6.07, 6.45) is -16.6. The van der Waals surface area contributed by atoms with Gasteiger partial charge in [0.15, 0.2) is 11.5 Å². The van der Waals surface area contributed by atoms with Gasteiger partial charge in [-0.3, -0.25) is 4.79 Å². The summed E-state index contributed by atoms with van der Waals surface area (Å²) in [6, 6.07) is -0.400. The van der Waals surface area contributed by atoms with Gasteiger partial charge in [0.25, 0.3) is 5.24 Å². The zero-order valence-electron chi connectivity index (χ0n) is 10.6. The number of benzene rings is 1. The first-order chi connectivity index (χ1) is 10.6. The number of carbonyl (C=O) groups is 1. The van der Waals surface area contributed by atoms with Crippen LogP contribution in [-0.4, -0.2) is 24.3 Å². The molecule has 0 heterocycles. The van der Waals surface area contributed by atoms with Crippen molar-refractivity contribution in [2.24, 2.45) is 0 Å². The van der Waals surface area contributed by atoms with E-state index in [1.807, 2.05) is 0 Å². The van der Waals surface area contributed by atoms with Gasteiger partial charge in [-0.2, -0.15) is 0 Å². The van der Waals surface area contributed by atoms with Gasteiger partial charge in [0.1, 0.15) is 5.75 Å². The molecule has 0 atom stereocenters. The molecule has 0 aliphatic rings. The Bertz CT molecular complexity index is 620. The molecule has 1 rings (SSSR count). The Kier molecular flexibility index (Phi) is 5.38. The molecular formula is C10H2ClF9O4. The lowest BCUT2D eigenvalue weighted by Gasteiger charge is -2.18. The minimum absolute atomic E-state index is 0.134. The standard InChI is InChI=1S/C10H2ClF9O4/c11-7(21)3-1-5(23-9(15,16)17)6(24-10(18,19)20)2-4(3)22-8(12,13)14/h1-2H. The minimum atomic E-state index is -5.58. The largest absolute Gasteiger partial charge is 0.573 e. The van der Waals surface area contributed by atoms with Crippen molar-refractivity contribution >= 4 is 16.8 Å². The van der Waals surface area contributed by atoms with Crippen LogP contribution in [0.3, 0.4) is 0 Å². The van der Waals surface area contributed by atoms with Crippen LogP contribution >= 0.6 is 11.6 Å². The molecule has 0 N–H and O–H groups in total. The van der Waals surface area contributed by atoms with Crippen LogP contribution in [0.25, 0.3) is 0 Å². The number of ether oxygens (including phenoxy) is 3. The summed E-state index contributed by atoms with van der Waals surface area (Å²) in [5.74, 6) is -5.20. The molecule has 1 aromatic rings. The van der Waals surface area contributed by atoms with Gasteiger partial charge in [-0.15, -0.1) is 39.5 Å². The van der Waals surface area contributed by atoms with Crippen LogP contribution in [0.2, 0.25) is 0 Å². The van der Waals surface area contributed by atoms with Crippen molar-refractivity contribution in [1.29, 1.82) is 0 Å². The third-order valence-corrected chi connectivity index (χ3v) is 2.14. The highest BCUT2D eigenvalue weighted by molar-refractivity contribution is 6.68. The highest BCUT2D eigenvalue weighted by atomic mass is 35.5. The Hall–Kier alpha value is -2.05. The normalized spacial score (nSPS) is 12.8. The topological polar surface area (TPSA) is 44.8 Å². The highest BCUT2D eigenvalue weighted by Crippen LogP contribution is 2.42. The van der Waals surface area contributed by atoms with Gasteiger partial charge in [-0.25, -0.2) is 0 Å². The summed E-state index contributed by atoms with van der Waals surface area (Å²) < 4.78 is 119. The number of hydrogen-bond acceptors (Lipinski definition) is 4. The van der Waals surface area contributed by atoms with Crippen LogP contribution in [0.5, 0.6) is 17.2 Å². The fraction of sp³-hybridized carbons (Fsp3) is 0.300. The van der Waals surface area contributed by atoms with Crippen molar-refractivity contribution in [3.05, 3.63) is 17.7 Å². The van der Waals surface area contributed by atoms with Crippen LogP contribution < -0.4 is 14.2 Å². The van der Waals surface area contributed by atoms with Gasteiger partial charge in [0.05, 0.1) is 5.56 Å². The van der Waals surface area contributed by atoms with Gasteiger partial charge in [0, 0.05) is 12.1 Å². The van der Waals surface area contributed by atoms with E-state index >= 15 is 0 Å². The quantitative estimate of drug-likeness (QED) is 0.547. The van der Waals surface area contributed by atoms with E-state index in [4.69, 9.17) is 11.6 Å². The lowest BCUT2D eigenvalue weighted by atomic mass is 10.2. The van der Waals surface area contributed by atoms with E-state index in [2.05, 4.69) is 14.2 Å². The first-order valence-corrected chi connectivity index (χ1v) is 5.60. The number of rotatable bonds is 4. The average molecular weight is 393 g/mol. The van der Waals surface area contributed by atoms with E-state index in [-0.39, 0.29) is 12.1 Å². The third kappa shape index (κ3) is 6.60. The van der Waals surface area contributed by atoms with E-state index in [1.54, 1.807) is 0 Å². The van der Waals surface area contributed by atoms with E-state index < -0.39 is 47.1 Å². The average Bonchev–Trinajstić information content (AvgIpc) is 2.26. The first kappa shape index (κ1) is 20.0. The molecule has 0 spiro atoms. The molecule has 0 aliphatic heterocycles. The second kappa shape index (κ2) is 6.45. The smallest absolute Gasteiger partial charge is 0.405 e. The maximum atomic E-state index is 12.2. The maximum absolute atomic E-state index is 12.2. The summed E-state index contributed by atoms with van der Waals surface area (Å²) in [5.41, 5.74) is -1.33. The second-order valence-electron chi connectivity index (χ2n) is 3.71. The fourth-order valence-electron chi connectivity index (χ4n) is 1.31. The number of alkyl halides is 9. The van der Waals surface area contributed by atoms with E-state index in [0.717, 1.165) is 0 Å². The Balaban J connectivity index is 3.51. The molecule has 0 amide bonds. The molecule has 136 valence electrons. The molecule has 0 fully saturated rings. The van der Waals surface area contributed by atoms with Crippen molar-refractivity contribution in [3.8, 4) is 17.2 Å². The zero-order valence-corrected chi connectivity index (χ0v) is 11.3. The Labute approximate surface area is 130 Å². The first-order valence-electron chi connectivity index (χ1n) is 5.22. The molecular weight excluding hydrogens is 391 g/mol. The lowest BCUT2D eigenvalue weighted by molar-refractivity contribution is -0.287. The van der Waals surface area contributed by atoms with Crippen LogP contribution in [-0.2, 0) is 0 Å². The van der Waals surface area contributed by atoms with Crippen molar-refractivity contribution in [2.75, 3.05) is 0 Å².